The van der Waals surface area contributed by atoms with Crippen molar-refractivity contribution in [2.45, 2.75) is 39.2 Å². The summed E-state index contributed by atoms with van der Waals surface area (Å²) in [5.41, 5.74) is 0.208. The Morgan fingerprint density at radius 2 is 2.12 bits per heavy atom. The number of hydrogen-bond donors (Lipinski definition) is 1. The van der Waals surface area contributed by atoms with E-state index in [1.807, 2.05) is 0 Å². The van der Waals surface area contributed by atoms with Crippen LogP contribution in [0.4, 0.5) is 0 Å². The van der Waals surface area contributed by atoms with Gasteiger partial charge in [0.2, 0.25) is 0 Å². The average Bonchev–Trinajstić information content (AvgIpc) is 1.86. The van der Waals surface area contributed by atoms with Crippen molar-refractivity contribution in [1.29, 1.82) is 0 Å². The molecule has 1 N–H and O–H groups in total. The van der Waals surface area contributed by atoms with E-state index in [1.54, 1.807) is 0 Å². The van der Waals surface area contributed by atoms with Crippen LogP contribution in [0.2, 0.25) is 0 Å². The standard InChI is InChI=1S/C7H14O/c1-7(2)5-3-4-6(7)8/h6,8H,3-5H2,1-2H3/t6-/m1/s1. The topological polar surface area (TPSA) is 20.2 Å². The maximum absolute atomic E-state index is 9.26. The van der Waals surface area contributed by atoms with E-state index in [4.69, 9.17) is 0 Å². The summed E-state index contributed by atoms with van der Waals surface area (Å²) in [6.45, 7) is 4.26. The molecule has 0 heterocycles. The molecule has 1 rings (SSSR count). The molecule has 1 atom stereocenters. The first kappa shape index (κ1) is 6.09. The van der Waals surface area contributed by atoms with Crippen molar-refractivity contribution in [2.24, 2.45) is 5.41 Å². The minimum absolute atomic E-state index is 0.0394. The van der Waals surface area contributed by atoms with Gasteiger partial charge in [0.1, 0.15) is 0 Å². The Bertz CT molecular complexity index is 86.4. The van der Waals surface area contributed by atoms with Crippen molar-refractivity contribution < 1.29 is 5.11 Å². The van der Waals surface area contributed by atoms with Crippen LogP contribution in [0.3, 0.4) is 0 Å². The molecule has 0 spiro atoms. The lowest BCUT2D eigenvalue weighted by Crippen LogP contribution is -2.21. The largest absolute Gasteiger partial charge is 0.393 e. The van der Waals surface area contributed by atoms with Crippen molar-refractivity contribution in [3.05, 3.63) is 0 Å². The molecule has 0 saturated heterocycles. The smallest absolute Gasteiger partial charge is 0.0591 e. The van der Waals surface area contributed by atoms with Crippen LogP contribution in [-0.4, -0.2) is 11.2 Å². The molecule has 1 aliphatic carbocycles. The number of aliphatic hydroxyl groups is 1. The fourth-order valence-electron chi connectivity index (χ4n) is 1.31. The van der Waals surface area contributed by atoms with Crippen molar-refractivity contribution in [3.63, 3.8) is 0 Å². The van der Waals surface area contributed by atoms with E-state index in [1.165, 1.54) is 12.8 Å². The summed E-state index contributed by atoms with van der Waals surface area (Å²) in [7, 11) is 0. The summed E-state index contributed by atoms with van der Waals surface area (Å²) in [5.74, 6) is 0. The zero-order valence-electron chi connectivity index (χ0n) is 5.65. The number of hydrogen-bond acceptors (Lipinski definition) is 1. The van der Waals surface area contributed by atoms with Crippen molar-refractivity contribution in [3.8, 4) is 0 Å². The Balaban J connectivity index is 2.54. The fraction of sp³-hybridized carbons (Fsp3) is 1.00. The third-order valence-electron chi connectivity index (χ3n) is 2.20. The SMILES string of the molecule is CC1(C)CCC[C@H]1O. The Morgan fingerprint density at radius 3 is 2.25 bits per heavy atom. The lowest BCUT2D eigenvalue weighted by molar-refractivity contribution is 0.0798. The zero-order valence-corrected chi connectivity index (χ0v) is 5.65. The van der Waals surface area contributed by atoms with Crippen LogP contribution in [0.5, 0.6) is 0 Å². The van der Waals surface area contributed by atoms with E-state index in [0.717, 1.165) is 6.42 Å². The first-order valence-electron chi connectivity index (χ1n) is 3.31. The summed E-state index contributed by atoms with van der Waals surface area (Å²) >= 11 is 0. The van der Waals surface area contributed by atoms with E-state index in [2.05, 4.69) is 13.8 Å². The first-order chi connectivity index (χ1) is 3.63. The van der Waals surface area contributed by atoms with Crippen LogP contribution in [0.15, 0.2) is 0 Å². The summed E-state index contributed by atoms with van der Waals surface area (Å²) in [6, 6.07) is 0. The summed E-state index contributed by atoms with van der Waals surface area (Å²) < 4.78 is 0. The van der Waals surface area contributed by atoms with Gasteiger partial charge < -0.3 is 5.11 Å². The molecule has 1 fully saturated rings. The average molecular weight is 114 g/mol. The molecule has 0 bridgehead atoms. The summed E-state index contributed by atoms with van der Waals surface area (Å²) in [6.07, 6.45) is 3.36. The van der Waals surface area contributed by atoms with E-state index >= 15 is 0 Å². The molecule has 0 amide bonds. The van der Waals surface area contributed by atoms with Crippen LogP contribution < -0.4 is 0 Å². The Morgan fingerprint density at radius 1 is 1.50 bits per heavy atom. The second-order valence-electron chi connectivity index (χ2n) is 3.40. The molecule has 1 aliphatic rings. The molecular weight excluding hydrogens is 100 g/mol. The van der Waals surface area contributed by atoms with Gasteiger partial charge >= 0.3 is 0 Å². The Hall–Kier alpha value is -0.0400. The van der Waals surface area contributed by atoms with Crippen molar-refractivity contribution >= 4 is 0 Å². The summed E-state index contributed by atoms with van der Waals surface area (Å²) in [4.78, 5) is 0. The number of rotatable bonds is 0. The van der Waals surface area contributed by atoms with Crippen molar-refractivity contribution in [2.75, 3.05) is 0 Å². The zero-order chi connectivity index (χ0) is 6.20. The monoisotopic (exact) mass is 114 g/mol. The van der Waals surface area contributed by atoms with Gasteiger partial charge in [-0.05, 0) is 18.3 Å². The molecule has 1 nitrogen and oxygen atoms in total. The molecule has 0 unspecified atom stereocenters. The minimum Gasteiger partial charge on any atom is -0.393 e. The van der Waals surface area contributed by atoms with Crippen LogP contribution in [0, 0.1) is 5.41 Å². The lowest BCUT2D eigenvalue weighted by Gasteiger charge is -2.21. The van der Waals surface area contributed by atoms with Gasteiger partial charge in [0, 0.05) is 0 Å². The van der Waals surface area contributed by atoms with Gasteiger partial charge in [0.15, 0.2) is 0 Å². The molecule has 0 aromatic heterocycles. The van der Waals surface area contributed by atoms with Gasteiger partial charge in [-0.1, -0.05) is 20.3 Å². The highest BCUT2D eigenvalue weighted by molar-refractivity contribution is 4.83. The van der Waals surface area contributed by atoms with Gasteiger partial charge in [-0.3, -0.25) is 0 Å². The highest BCUT2D eigenvalue weighted by Crippen LogP contribution is 2.36. The van der Waals surface area contributed by atoms with Gasteiger partial charge in [-0.25, -0.2) is 0 Å². The van der Waals surface area contributed by atoms with Crippen LogP contribution in [0.1, 0.15) is 33.1 Å². The van der Waals surface area contributed by atoms with Gasteiger partial charge in [-0.2, -0.15) is 0 Å². The molecule has 0 aromatic carbocycles. The van der Waals surface area contributed by atoms with Gasteiger partial charge in [0.25, 0.3) is 0 Å². The van der Waals surface area contributed by atoms with E-state index in [9.17, 15) is 5.11 Å². The van der Waals surface area contributed by atoms with Gasteiger partial charge in [0.05, 0.1) is 6.10 Å². The van der Waals surface area contributed by atoms with Crippen LogP contribution in [0.25, 0.3) is 0 Å². The molecule has 0 aliphatic heterocycles. The highest BCUT2D eigenvalue weighted by atomic mass is 16.3. The molecule has 1 saturated carbocycles. The van der Waals surface area contributed by atoms with Crippen LogP contribution in [-0.2, 0) is 0 Å². The normalized spacial score (nSPS) is 35.6. The van der Waals surface area contributed by atoms with E-state index < -0.39 is 0 Å². The van der Waals surface area contributed by atoms with Crippen LogP contribution >= 0.6 is 0 Å². The molecule has 8 heavy (non-hydrogen) atoms. The second-order valence-corrected chi connectivity index (χ2v) is 3.40. The minimum atomic E-state index is -0.0394. The number of aliphatic hydroxyl groups excluding tert-OH is 1. The third-order valence-corrected chi connectivity index (χ3v) is 2.20. The maximum Gasteiger partial charge on any atom is 0.0591 e. The predicted octanol–water partition coefficient (Wildman–Crippen LogP) is 1.56. The second kappa shape index (κ2) is 1.73. The molecule has 0 radical (unpaired) electrons. The van der Waals surface area contributed by atoms with E-state index in [-0.39, 0.29) is 11.5 Å². The van der Waals surface area contributed by atoms with Gasteiger partial charge in [-0.15, -0.1) is 0 Å². The quantitative estimate of drug-likeness (QED) is 0.506. The molecule has 1 heteroatoms. The van der Waals surface area contributed by atoms with Crippen molar-refractivity contribution in [1.82, 2.24) is 0 Å². The molecule has 0 aromatic rings. The molecular formula is C7H14O. The Labute approximate surface area is 50.7 Å². The highest BCUT2D eigenvalue weighted by Gasteiger charge is 2.32. The summed E-state index contributed by atoms with van der Waals surface area (Å²) in [5, 5.41) is 9.26. The molecule has 48 valence electrons. The lowest BCUT2D eigenvalue weighted by atomic mass is 9.90. The van der Waals surface area contributed by atoms with E-state index in [0.29, 0.717) is 0 Å². The fourth-order valence-corrected chi connectivity index (χ4v) is 1.31. The first-order valence-corrected chi connectivity index (χ1v) is 3.31. The predicted molar refractivity (Wildman–Crippen MR) is 33.6 cm³/mol. The Kier molecular flexibility index (Phi) is 1.31. The maximum atomic E-state index is 9.26. The third kappa shape index (κ3) is 0.873.